The quantitative estimate of drug-likeness (QED) is 0.830. The van der Waals surface area contributed by atoms with E-state index in [-0.39, 0.29) is 5.82 Å². The Hall–Kier alpha value is -1.68. The number of aromatic nitrogens is 2. The second-order valence-corrected chi connectivity index (χ2v) is 3.76. The fourth-order valence-electron chi connectivity index (χ4n) is 1.42. The molecule has 3 nitrogen and oxygen atoms in total. The lowest BCUT2D eigenvalue weighted by molar-refractivity contribution is 0.628. The monoisotopic (exact) mass is 237 g/mol. The van der Waals surface area contributed by atoms with Crippen LogP contribution < -0.4 is 5.73 Å². The summed E-state index contributed by atoms with van der Waals surface area (Å²) in [6.07, 6.45) is 1.36. The van der Waals surface area contributed by atoms with E-state index < -0.39 is 0 Å². The number of rotatable bonds is 1. The molecule has 0 fully saturated rings. The Labute approximate surface area is 97.1 Å². The highest BCUT2D eigenvalue weighted by atomic mass is 35.5. The van der Waals surface area contributed by atoms with Gasteiger partial charge in [0, 0.05) is 11.1 Å². The lowest BCUT2D eigenvalue weighted by Crippen LogP contribution is -1.98. The summed E-state index contributed by atoms with van der Waals surface area (Å²) in [4.78, 5) is 7.96. The fraction of sp³-hybridized carbons (Fsp3) is 0.0909. The van der Waals surface area contributed by atoms with Crippen LogP contribution in [0.1, 0.15) is 5.56 Å². The van der Waals surface area contributed by atoms with E-state index in [2.05, 4.69) is 9.97 Å². The second-order valence-electron chi connectivity index (χ2n) is 3.36. The Bertz CT molecular complexity index is 543. The van der Waals surface area contributed by atoms with Crippen LogP contribution in [0.15, 0.2) is 24.5 Å². The number of anilines is 1. The normalized spacial score (nSPS) is 10.4. The number of nitrogens with zero attached hydrogens (tertiary/aromatic N) is 2. The van der Waals surface area contributed by atoms with E-state index in [0.29, 0.717) is 22.1 Å². The van der Waals surface area contributed by atoms with Gasteiger partial charge in [-0.1, -0.05) is 11.6 Å². The van der Waals surface area contributed by atoms with Gasteiger partial charge in [-0.05, 0) is 25.1 Å². The molecule has 2 N–H and O–H groups in total. The molecule has 2 rings (SSSR count). The van der Waals surface area contributed by atoms with Crippen molar-refractivity contribution in [2.24, 2.45) is 0 Å². The SMILES string of the molecule is Cc1c(N)ncnc1-c1ccc(F)cc1Cl. The number of halogens is 2. The Morgan fingerprint density at radius 1 is 1.31 bits per heavy atom. The Balaban J connectivity index is 2.63. The topological polar surface area (TPSA) is 51.8 Å². The second kappa shape index (κ2) is 4.06. The minimum Gasteiger partial charge on any atom is -0.383 e. The van der Waals surface area contributed by atoms with Crippen molar-refractivity contribution in [3.8, 4) is 11.3 Å². The van der Waals surface area contributed by atoms with Crippen molar-refractivity contribution in [2.45, 2.75) is 6.92 Å². The highest BCUT2D eigenvalue weighted by Gasteiger charge is 2.10. The van der Waals surface area contributed by atoms with Gasteiger partial charge < -0.3 is 5.73 Å². The van der Waals surface area contributed by atoms with E-state index in [1.807, 2.05) is 0 Å². The summed E-state index contributed by atoms with van der Waals surface area (Å²) in [6, 6.07) is 4.15. The molecule has 1 heterocycles. The summed E-state index contributed by atoms with van der Waals surface area (Å²) in [5.41, 5.74) is 7.67. The number of hydrogen-bond donors (Lipinski definition) is 1. The maximum Gasteiger partial charge on any atom is 0.130 e. The van der Waals surface area contributed by atoms with E-state index >= 15 is 0 Å². The average Bonchev–Trinajstić information content (AvgIpc) is 2.23. The molecule has 0 aliphatic rings. The first-order chi connectivity index (χ1) is 7.59. The Morgan fingerprint density at radius 2 is 2.06 bits per heavy atom. The number of nitrogen functional groups attached to an aromatic ring is 1. The van der Waals surface area contributed by atoms with Gasteiger partial charge in [-0.2, -0.15) is 0 Å². The van der Waals surface area contributed by atoms with Gasteiger partial charge >= 0.3 is 0 Å². The molecule has 16 heavy (non-hydrogen) atoms. The molecule has 0 radical (unpaired) electrons. The third kappa shape index (κ3) is 1.84. The van der Waals surface area contributed by atoms with Crippen LogP contribution in [0, 0.1) is 12.7 Å². The van der Waals surface area contributed by atoms with E-state index in [0.717, 1.165) is 5.56 Å². The highest BCUT2D eigenvalue weighted by Crippen LogP contribution is 2.30. The predicted octanol–water partition coefficient (Wildman–Crippen LogP) is 2.83. The largest absolute Gasteiger partial charge is 0.383 e. The van der Waals surface area contributed by atoms with Gasteiger partial charge in [0.25, 0.3) is 0 Å². The lowest BCUT2D eigenvalue weighted by Gasteiger charge is -2.08. The van der Waals surface area contributed by atoms with Crippen LogP contribution in [0.5, 0.6) is 0 Å². The van der Waals surface area contributed by atoms with Gasteiger partial charge in [0.2, 0.25) is 0 Å². The number of hydrogen-bond acceptors (Lipinski definition) is 3. The standard InChI is InChI=1S/C11H9ClFN3/c1-6-10(15-5-16-11(6)14)8-3-2-7(13)4-9(8)12/h2-5H,1H3,(H2,14,15,16). The molecule has 0 atom stereocenters. The van der Waals surface area contributed by atoms with Crippen LogP contribution in [-0.2, 0) is 0 Å². The first-order valence-corrected chi connectivity index (χ1v) is 5.00. The van der Waals surface area contributed by atoms with Gasteiger partial charge in [0.05, 0.1) is 10.7 Å². The third-order valence-corrected chi connectivity index (χ3v) is 2.62. The van der Waals surface area contributed by atoms with E-state index in [1.165, 1.54) is 18.5 Å². The molecular weight excluding hydrogens is 229 g/mol. The lowest BCUT2D eigenvalue weighted by atomic mass is 10.1. The van der Waals surface area contributed by atoms with E-state index in [9.17, 15) is 4.39 Å². The molecule has 0 saturated heterocycles. The fourth-order valence-corrected chi connectivity index (χ4v) is 1.67. The van der Waals surface area contributed by atoms with Crippen LogP contribution in [0.3, 0.4) is 0 Å². The van der Waals surface area contributed by atoms with Gasteiger partial charge in [-0.15, -0.1) is 0 Å². The smallest absolute Gasteiger partial charge is 0.130 e. The molecule has 0 amide bonds. The van der Waals surface area contributed by atoms with E-state index in [4.69, 9.17) is 17.3 Å². The van der Waals surface area contributed by atoms with Crippen LogP contribution in [0.4, 0.5) is 10.2 Å². The molecule has 0 spiro atoms. The van der Waals surface area contributed by atoms with Gasteiger partial charge in [-0.25, -0.2) is 14.4 Å². The molecule has 0 aliphatic heterocycles. The summed E-state index contributed by atoms with van der Waals surface area (Å²) < 4.78 is 12.9. The molecule has 0 unspecified atom stereocenters. The molecule has 1 aromatic carbocycles. The molecule has 1 aromatic heterocycles. The summed E-state index contributed by atoms with van der Waals surface area (Å²) in [6.45, 7) is 1.80. The maximum atomic E-state index is 12.9. The minimum atomic E-state index is -0.381. The summed E-state index contributed by atoms with van der Waals surface area (Å²) in [7, 11) is 0. The van der Waals surface area contributed by atoms with Crippen LogP contribution in [0.2, 0.25) is 5.02 Å². The van der Waals surface area contributed by atoms with Crippen molar-refractivity contribution in [1.82, 2.24) is 9.97 Å². The third-order valence-electron chi connectivity index (χ3n) is 2.31. The maximum absolute atomic E-state index is 12.9. The summed E-state index contributed by atoms with van der Waals surface area (Å²) >= 11 is 5.95. The number of nitrogens with two attached hydrogens (primary N) is 1. The summed E-state index contributed by atoms with van der Waals surface area (Å²) in [5, 5.41) is 0.307. The zero-order valence-corrected chi connectivity index (χ0v) is 9.29. The van der Waals surface area contributed by atoms with Crippen LogP contribution >= 0.6 is 11.6 Å². The van der Waals surface area contributed by atoms with E-state index in [1.54, 1.807) is 13.0 Å². The van der Waals surface area contributed by atoms with Crippen molar-refractivity contribution in [2.75, 3.05) is 5.73 Å². The Kier molecular flexibility index (Phi) is 2.75. The van der Waals surface area contributed by atoms with Crippen molar-refractivity contribution in [3.63, 3.8) is 0 Å². The van der Waals surface area contributed by atoms with Crippen molar-refractivity contribution >= 4 is 17.4 Å². The first-order valence-electron chi connectivity index (χ1n) is 4.62. The van der Waals surface area contributed by atoms with Crippen LogP contribution in [0.25, 0.3) is 11.3 Å². The minimum absolute atomic E-state index is 0.307. The molecule has 2 aromatic rings. The van der Waals surface area contributed by atoms with Gasteiger partial charge in [-0.3, -0.25) is 0 Å². The van der Waals surface area contributed by atoms with Crippen molar-refractivity contribution in [1.29, 1.82) is 0 Å². The summed E-state index contributed by atoms with van der Waals surface area (Å²) in [5.74, 6) is 0.0128. The first kappa shape index (κ1) is 10.8. The van der Waals surface area contributed by atoms with Crippen molar-refractivity contribution in [3.05, 3.63) is 40.9 Å². The zero-order chi connectivity index (χ0) is 11.7. The number of benzene rings is 1. The van der Waals surface area contributed by atoms with Gasteiger partial charge in [0.1, 0.15) is 18.0 Å². The van der Waals surface area contributed by atoms with Gasteiger partial charge in [0.15, 0.2) is 0 Å². The van der Waals surface area contributed by atoms with Crippen molar-refractivity contribution < 1.29 is 4.39 Å². The Morgan fingerprint density at radius 3 is 2.75 bits per heavy atom. The predicted molar refractivity (Wildman–Crippen MR) is 61.6 cm³/mol. The molecular formula is C11H9ClFN3. The van der Waals surface area contributed by atoms with Crippen LogP contribution in [-0.4, -0.2) is 9.97 Å². The zero-order valence-electron chi connectivity index (χ0n) is 8.54. The molecule has 0 saturated carbocycles. The average molecular weight is 238 g/mol. The molecule has 82 valence electrons. The molecule has 5 heteroatoms. The highest BCUT2D eigenvalue weighted by molar-refractivity contribution is 6.33. The molecule has 0 aliphatic carbocycles. The molecule has 0 bridgehead atoms.